The number of carbonyl (C=O) groups excluding carboxylic acids is 1. The molecule has 5 rings (SSSR count). The Balaban J connectivity index is 1.34. The molecule has 0 unspecified atom stereocenters. The minimum Gasteiger partial charge on any atom is -0.480 e. The summed E-state index contributed by atoms with van der Waals surface area (Å²) in [5.41, 5.74) is 4.48. The monoisotopic (exact) mass is 631 g/mol. The average molecular weight is 632 g/mol. The number of aliphatic carboxylic acids is 1. The van der Waals surface area contributed by atoms with Gasteiger partial charge in [-0.1, -0.05) is 95.2 Å². The number of anilines is 1. The molecule has 5 aromatic rings. The zero-order valence-corrected chi connectivity index (χ0v) is 25.2. The van der Waals surface area contributed by atoms with Crippen molar-refractivity contribution in [2.45, 2.75) is 24.3 Å². The second-order valence-corrected chi connectivity index (χ2v) is 12.9. The maximum atomic E-state index is 13.1. The molecule has 1 heterocycles. The van der Waals surface area contributed by atoms with E-state index < -0.39 is 27.9 Å². The average Bonchev–Trinajstić information content (AvgIpc) is 3.41. The second-order valence-electron chi connectivity index (χ2n) is 9.75. The van der Waals surface area contributed by atoms with Crippen LogP contribution in [0.5, 0.6) is 0 Å². The summed E-state index contributed by atoms with van der Waals surface area (Å²) in [5, 5.41) is 13.4. The number of carboxylic acids is 1. The highest BCUT2D eigenvalue weighted by atomic mass is 35.5. The molecule has 218 valence electrons. The fourth-order valence-electron chi connectivity index (χ4n) is 4.32. The van der Waals surface area contributed by atoms with E-state index in [4.69, 9.17) is 16.6 Å². The van der Waals surface area contributed by atoms with Crippen molar-refractivity contribution in [1.29, 1.82) is 0 Å². The third-order valence-electron chi connectivity index (χ3n) is 6.58. The van der Waals surface area contributed by atoms with Crippen LogP contribution >= 0.6 is 22.9 Å². The van der Waals surface area contributed by atoms with Gasteiger partial charge in [-0.25, -0.2) is 13.4 Å². The molecule has 11 heteroatoms. The quantitative estimate of drug-likeness (QED) is 0.158. The van der Waals surface area contributed by atoms with Gasteiger partial charge in [0.15, 0.2) is 5.13 Å². The van der Waals surface area contributed by atoms with Crippen LogP contribution in [-0.2, 0) is 21.2 Å². The summed E-state index contributed by atoms with van der Waals surface area (Å²) in [7, 11) is -4.18. The van der Waals surface area contributed by atoms with Crippen LogP contribution in [-0.4, -0.2) is 36.4 Å². The number of rotatable bonds is 10. The first-order valence-electron chi connectivity index (χ1n) is 13.1. The Bertz CT molecular complexity index is 1790. The molecule has 0 aliphatic heterocycles. The number of thiazole rings is 1. The molecule has 0 fully saturated rings. The molecule has 0 spiro atoms. The molecule has 0 aliphatic rings. The van der Waals surface area contributed by atoms with Crippen LogP contribution in [0.4, 0.5) is 5.13 Å². The van der Waals surface area contributed by atoms with Gasteiger partial charge in [-0.3, -0.25) is 14.9 Å². The van der Waals surface area contributed by atoms with Gasteiger partial charge in [0.05, 0.1) is 15.5 Å². The van der Waals surface area contributed by atoms with Gasteiger partial charge in [0.1, 0.15) is 6.04 Å². The van der Waals surface area contributed by atoms with Gasteiger partial charge in [-0.05, 0) is 60.9 Å². The van der Waals surface area contributed by atoms with E-state index in [9.17, 15) is 23.1 Å². The summed E-state index contributed by atoms with van der Waals surface area (Å²) in [6, 6.07) is 27.9. The predicted octanol–water partition coefficient (Wildman–Crippen LogP) is 6.67. The number of carboxylic acid groups (broad SMARTS) is 1. The lowest BCUT2D eigenvalue weighted by Gasteiger charge is -2.15. The van der Waals surface area contributed by atoms with Crippen molar-refractivity contribution in [1.82, 2.24) is 9.71 Å². The van der Waals surface area contributed by atoms with E-state index in [-0.39, 0.29) is 16.9 Å². The predicted molar refractivity (Wildman–Crippen MR) is 169 cm³/mol. The van der Waals surface area contributed by atoms with Gasteiger partial charge in [0.2, 0.25) is 10.0 Å². The van der Waals surface area contributed by atoms with Crippen molar-refractivity contribution in [3.63, 3.8) is 0 Å². The van der Waals surface area contributed by atoms with Crippen LogP contribution in [0.1, 0.15) is 21.5 Å². The molecule has 1 aromatic heterocycles. The lowest BCUT2D eigenvalue weighted by molar-refractivity contribution is -0.138. The van der Waals surface area contributed by atoms with Gasteiger partial charge in [-0.15, -0.1) is 0 Å². The van der Waals surface area contributed by atoms with E-state index in [2.05, 4.69) is 10.0 Å². The topological polar surface area (TPSA) is 125 Å². The fourth-order valence-corrected chi connectivity index (χ4v) is 6.62. The first-order valence-corrected chi connectivity index (χ1v) is 15.8. The van der Waals surface area contributed by atoms with Gasteiger partial charge in [0.25, 0.3) is 5.91 Å². The lowest BCUT2D eigenvalue weighted by atomic mass is 10.1. The highest BCUT2D eigenvalue weighted by Gasteiger charge is 2.26. The maximum absolute atomic E-state index is 13.1. The maximum Gasteiger partial charge on any atom is 0.322 e. The number of nitrogens with one attached hydrogen (secondary N) is 2. The smallest absolute Gasteiger partial charge is 0.322 e. The Hall–Kier alpha value is -4.35. The molecule has 4 aromatic carbocycles. The number of hydrogen-bond acceptors (Lipinski definition) is 6. The van der Waals surface area contributed by atoms with Crippen molar-refractivity contribution in [2.24, 2.45) is 0 Å². The molecule has 43 heavy (non-hydrogen) atoms. The number of nitrogens with zero attached hydrogens (tertiary/aromatic N) is 1. The number of aryl methyl sites for hydroxylation is 1. The number of sulfonamides is 1. The molecule has 0 bridgehead atoms. The Morgan fingerprint density at radius 3 is 2.14 bits per heavy atom. The first-order chi connectivity index (χ1) is 20.6. The van der Waals surface area contributed by atoms with Crippen molar-refractivity contribution in [3.8, 4) is 21.7 Å². The molecule has 1 atom stereocenters. The van der Waals surface area contributed by atoms with Gasteiger partial charge >= 0.3 is 5.97 Å². The molecule has 8 nitrogen and oxygen atoms in total. The SMILES string of the molecule is Cc1ccc(-c2sc(NC(=O)c3ccc(S(=O)(=O)N[C@@H](Cc4ccccc4)C(=O)O)cc3)nc2-c2ccc(Cl)cc2)cc1. The standard InChI is InChI=1S/C32H26ClN3O5S2/c1-20-7-9-23(10-8-20)29-28(22-11-15-25(33)16-12-22)34-32(42-29)35-30(37)24-13-17-26(18-14-24)43(40,41)36-27(31(38)39)19-21-5-3-2-4-6-21/h2-18,27,36H,19H2,1H3,(H,38,39)(H,34,35,37)/t27-/m0/s1. The van der Waals surface area contributed by atoms with E-state index in [0.717, 1.165) is 21.6 Å². The summed E-state index contributed by atoms with van der Waals surface area (Å²) in [4.78, 5) is 30.3. The normalized spacial score (nSPS) is 12.0. The zero-order chi connectivity index (χ0) is 30.6. The minimum atomic E-state index is -4.18. The van der Waals surface area contributed by atoms with Crippen molar-refractivity contribution < 1.29 is 23.1 Å². The molecule has 0 aliphatic carbocycles. The Kier molecular flexibility index (Phi) is 9.02. The Morgan fingerprint density at radius 2 is 1.51 bits per heavy atom. The van der Waals surface area contributed by atoms with Crippen LogP contribution in [0.15, 0.2) is 108 Å². The van der Waals surface area contributed by atoms with Crippen LogP contribution in [0.2, 0.25) is 5.02 Å². The number of hydrogen-bond donors (Lipinski definition) is 3. The molecule has 0 saturated heterocycles. The third kappa shape index (κ3) is 7.36. The van der Waals surface area contributed by atoms with Crippen LogP contribution < -0.4 is 10.0 Å². The largest absolute Gasteiger partial charge is 0.480 e. The number of amides is 1. The van der Waals surface area contributed by atoms with E-state index >= 15 is 0 Å². The minimum absolute atomic E-state index is 0.0215. The first kappa shape index (κ1) is 30.1. The summed E-state index contributed by atoms with van der Waals surface area (Å²) in [6.45, 7) is 2.00. The van der Waals surface area contributed by atoms with Crippen LogP contribution in [0.25, 0.3) is 21.7 Å². The Morgan fingerprint density at radius 1 is 0.884 bits per heavy atom. The number of aromatic nitrogens is 1. The molecular formula is C32H26ClN3O5S2. The zero-order valence-electron chi connectivity index (χ0n) is 22.8. The third-order valence-corrected chi connectivity index (χ3v) is 9.34. The number of carbonyl (C=O) groups is 2. The van der Waals surface area contributed by atoms with Crippen LogP contribution in [0.3, 0.4) is 0 Å². The second kappa shape index (κ2) is 12.9. The van der Waals surface area contributed by atoms with Crippen molar-refractivity contribution >= 4 is 50.0 Å². The van der Waals surface area contributed by atoms with Crippen LogP contribution in [0, 0.1) is 6.92 Å². The van der Waals surface area contributed by atoms with E-state index in [1.807, 2.05) is 43.3 Å². The van der Waals surface area contributed by atoms with Gasteiger partial charge in [-0.2, -0.15) is 4.72 Å². The molecule has 0 saturated carbocycles. The highest BCUT2D eigenvalue weighted by Crippen LogP contribution is 2.39. The highest BCUT2D eigenvalue weighted by molar-refractivity contribution is 7.89. The number of benzene rings is 4. The van der Waals surface area contributed by atoms with Gasteiger partial charge in [0, 0.05) is 16.1 Å². The molecular weight excluding hydrogens is 606 g/mol. The van der Waals surface area contributed by atoms with Gasteiger partial charge < -0.3 is 5.11 Å². The summed E-state index contributed by atoms with van der Waals surface area (Å²) in [5.74, 6) is -1.77. The molecule has 0 radical (unpaired) electrons. The number of halogens is 1. The molecule has 1 amide bonds. The summed E-state index contributed by atoms with van der Waals surface area (Å²) < 4.78 is 28.2. The fraction of sp³-hybridized carbons (Fsp3) is 0.0938. The molecule has 3 N–H and O–H groups in total. The van der Waals surface area contributed by atoms with Crippen molar-refractivity contribution in [2.75, 3.05) is 5.32 Å². The summed E-state index contributed by atoms with van der Waals surface area (Å²) in [6.07, 6.45) is -0.0215. The Labute approximate surface area is 258 Å². The summed E-state index contributed by atoms with van der Waals surface area (Å²) >= 11 is 7.40. The van der Waals surface area contributed by atoms with E-state index in [1.54, 1.807) is 42.5 Å². The van der Waals surface area contributed by atoms with E-state index in [1.165, 1.54) is 35.6 Å². The van der Waals surface area contributed by atoms with Crippen molar-refractivity contribution in [3.05, 3.63) is 125 Å². The van der Waals surface area contributed by atoms with E-state index in [0.29, 0.717) is 21.4 Å². The lowest BCUT2D eigenvalue weighted by Crippen LogP contribution is -2.42.